The molecule has 0 spiro atoms. The molecule has 1 atom stereocenters. The Morgan fingerprint density at radius 3 is 2.64 bits per heavy atom. The maximum absolute atomic E-state index is 13.2. The summed E-state index contributed by atoms with van der Waals surface area (Å²) in [6.45, 7) is 4.03. The molecule has 2 nitrogen and oxygen atoms in total. The molecule has 1 saturated heterocycles. The number of halogens is 1. The van der Waals surface area contributed by atoms with Crippen LogP contribution in [0.4, 0.5) is 4.39 Å². The monoisotopic (exact) mass is 316 g/mol. The molecular weight excluding hydrogens is 299 g/mol. The van der Waals surface area contributed by atoms with Gasteiger partial charge in [-0.15, -0.1) is 11.3 Å². The Bertz CT molecular complexity index is 728. The lowest BCUT2D eigenvalue weighted by Gasteiger charge is -2.08. The lowest BCUT2D eigenvalue weighted by Crippen LogP contribution is -2.03. The molecule has 1 unspecified atom stereocenters. The quantitative estimate of drug-likeness (QED) is 0.605. The van der Waals surface area contributed by atoms with Gasteiger partial charge >= 0.3 is 5.97 Å². The van der Waals surface area contributed by atoms with Crippen molar-refractivity contribution in [2.75, 3.05) is 0 Å². The number of thiophene rings is 1. The van der Waals surface area contributed by atoms with Gasteiger partial charge in [0.05, 0.1) is 5.57 Å². The van der Waals surface area contributed by atoms with Crippen LogP contribution >= 0.6 is 11.3 Å². The first-order chi connectivity index (χ1) is 10.6. The van der Waals surface area contributed by atoms with E-state index in [-0.39, 0.29) is 17.9 Å². The third-order valence-electron chi connectivity index (χ3n) is 3.82. The van der Waals surface area contributed by atoms with Crippen LogP contribution in [0.15, 0.2) is 41.3 Å². The molecule has 1 aromatic heterocycles. The zero-order chi connectivity index (χ0) is 15.7. The predicted molar refractivity (Wildman–Crippen MR) is 86.3 cm³/mol. The van der Waals surface area contributed by atoms with E-state index in [0.717, 1.165) is 28.0 Å². The van der Waals surface area contributed by atoms with Crippen molar-refractivity contribution in [1.29, 1.82) is 0 Å². The molecule has 1 aromatic carbocycles. The molecule has 22 heavy (non-hydrogen) atoms. The van der Waals surface area contributed by atoms with Crippen LogP contribution < -0.4 is 0 Å². The highest BCUT2D eigenvalue weighted by Crippen LogP contribution is 2.37. The van der Waals surface area contributed by atoms with Crippen LogP contribution in [0.5, 0.6) is 0 Å². The van der Waals surface area contributed by atoms with E-state index in [1.165, 1.54) is 12.1 Å². The molecule has 2 heterocycles. The highest BCUT2D eigenvalue weighted by Gasteiger charge is 2.31. The average molecular weight is 316 g/mol. The second-order valence-electron chi connectivity index (χ2n) is 5.49. The minimum Gasteiger partial charge on any atom is -0.459 e. The first kappa shape index (κ1) is 15.0. The fourth-order valence-corrected chi connectivity index (χ4v) is 3.64. The van der Waals surface area contributed by atoms with Gasteiger partial charge in [-0.3, -0.25) is 0 Å². The number of carbonyl (C=O) groups is 1. The highest BCUT2D eigenvalue weighted by molar-refractivity contribution is 7.11. The molecular formula is C18H17FO2S. The summed E-state index contributed by atoms with van der Waals surface area (Å²) in [6, 6.07) is 8.35. The summed E-state index contributed by atoms with van der Waals surface area (Å²) in [6.07, 6.45) is 1.35. The lowest BCUT2D eigenvalue weighted by atomic mass is 9.95. The van der Waals surface area contributed by atoms with Gasteiger partial charge in [-0.25, -0.2) is 9.18 Å². The van der Waals surface area contributed by atoms with Crippen molar-refractivity contribution in [2.45, 2.75) is 32.8 Å². The third kappa shape index (κ3) is 2.83. The Morgan fingerprint density at radius 2 is 2.09 bits per heavy atom. The van der Waals surface area contributed by atoms with E-state index in [4.69, 9.17) is 4.74 Å². The maximum atomic E-state index is 13.2. The Hall–Kier alpha value is -1.94. The fraction of sp³-hybridized carbons (Fsp3) is 0.278. The summed E-state index contributed by atoms with van der Waals surface area (Å²) in [5.74, 6) is -0.534. The average Bonchev–Trinajstić information content (AvgIpc) is 3.08. The molecule has 0 radical (unpaired) electrons. The first-order valence-corrected chi connectivity index (χ1v) is 8.22. The third-order valence-corrected chi connectivity index (χ3v) is 4.88. The van der Waals surface area contributed by atoms with E-state index in [2.05, 4.69) is 11.4 Å². The molecule has 0 amide bonds. The molecule has 0 bridgehead atoms. The van der Waals surface area contributed by atoms with Crippen LogP contribution in [0.1, 0.15) is 35.8 Å². The van der Waals surface area contributed by atoms with Gasteiger partial charge in [-0.05, 0) is 48.1 Å². The van der Waals surface area contributed by atoms with Gasteiger partial charge < -0.3 is 4.74 Å². The van der Waals surface area contributed by atoms with Crippen molar-refractivity contribution in [3.8, 4) is 0 Å². The Balaban J connectivity index is 2.15. The summed E-state index contributed by atoms with van der Waals surface area (Å²) in [5, 5.41) is 2.05. The lowest BCUT2D eigenvalue weighted by molar-refractivity contribution is -0.138. The van der Waals surface area contributed by atoms with Crippen LogP contribution in [0.25, 0.3) is 5.57 Å². The molecule has 4 heteroatoms. The van der Waals surface area contributed by atoms with E-state index in [0.29, 0.717) is 12.0 Å². The maximum Gasteiger partial charge on any atom is 0.335 e. The summed E-state index contributed by atoms with van der Waals surface area (Å²) in [7, 11) is 0. The molecule has 114 valence electrons. The van der Waals surface area contributed by atoms with Crippen LogP contribution in [-0.4, -0.2) is 12.1 Å². The minimum atomic E-state index is -0.282. The molecule has 2 aromatic rings. The second kappa shape index (κ2) is 6.05. The van der Waals surface area contributed by atoms with Crippen LogP contribution in [0.2, 0.25) is 0 Å². The van der Waals surface area contributed by atoms with E-state index < -0.39 is 0 Å². The summed E-state index contributed by atoms with van der Waals surface area (Å²) >= 11 is 1.59. The van der Waals surface area contributed by atoms with Crippen molar-refractivity contribution in [2.24, 2.45) is 0 Å². The number of esters is 1. The predicted octanol–water partition coefficient (Wildman–Crippen LogP) is 4.72. The van der Waals surface area contributed by atoms with Gasteiger partial charge in [-0.2, -0.15) is 0 Å². The van der Waals surface area contributed by atoms with Crippen LogP contribution in [0.3, 0.4) is 0 Å². The van der Waals surface area contributed by atoms with E-state index in [9.17, 15) is 9.18 Å². The summed E-state index contributed by atoms with van der Waals surface area (Å²) < 4.78 is 18.6. The van der Waals surface area contributed by atoms with Crippen molar-refractivity contribution in [3.05, 3.63) is 63.1 Å². The summed E-state index contributed by atoms with van der Waals surface area (Å²) in [5.41, 5.74) is 3.57. The van der Waals surface area contributed by atoms with E-state index >= 15 is 0 Å². The molecule has 3 rings (SSSR count). The van der Waals surface area contributed by atoms with Gasteiger partial charge in [0.2, 0.25) is 0 Å². The van der Waals surface area contributed by atoms with Crippen LogP contribution in [-0.2, 0) is 9.53 Å². The molecule has 1 fully saturated rings. The van der Waals surface area contributed by atoms with E-state index in [1.807, 2.05) is 13.8 Å². The Labute approximate surface area is 133 Å². The van der Waals surface area contributed by atoms with Crippen molar-refractivity contribution < 1.29 is 13.9 Å². The number of benzene rings is 1. The van der Waals surface area contributed by atoms with Crippen molar-refractivity contribution >= 4 is 22.9 Å². The first-order valence-electron chi connectivity index (χ1n) is 7.34. The molecule has 1 aliphatic heterocycles. The number of rotatable bonds is 3. The highest BCUT2D eigenvalue weighted by atomic mass is 32.1. The van der Waals surface area contributed by atoms with Crippen molar-refractivity contribution in [1.82, 2.24) is 0 Å². The fourth-order valence-electron chi connectivity index (χ4n) is 2.65. The number of cyclic esters (lactones) is 1. The molecule has 0 aliphatic carbocycles. The SMILES string of the molecule is CCC1CC(=C(c2ccc(F)cc2)c2cc(C)cs2)C(=O)O1. The van der Waals surface area contributed by atoms with Gasteiger partial charge in [0, 0.05) is 16.9 Å². The second-order valence-corrected chi connectivity index (χ2v) is 6.40. The molecule has 1 aliphatic rings. The van der Waals surface area contributed by atoms with Gasteiger partial charge in [-0.1, -0.05) is 19.1 Å². The number of ether oxygens (including phenoxy) is 1. The standard InChI is InChI=1S/C18H17FO2S/c1-3-14-9-15(18(20)21-14)17(16-8-11(2)10-22-16)12-4-6-13(19)7-5-12/h4-8,10,14H,3,9H2,1-2H3. The van der Waals surface area contributed by atoms with Crippen molar-refractivity contribution in [3.63, 3.8) is 0 Å². The van der Waals surface area contributed by atoms with E-state index in [1.54, 1.807) is 23.5 Å². The van der Waals surface area contributed by atoms with Gasteiger partial charge in [0.25, 0.3) is 0 Å². The molecule has 0 saturated carbocycles. The van der Waals surface area contributed by atoms with Gasteiger partial charge in [0.15, 0.2) is 0 Å². The molecule has 0 N–H and O–H groups in total. The van der Waals surface area contributed by atoms with Crippen LogP contribution in [0, 0.1) is 12.7 Å². The summed E-state index contributed by atoms with van der Waals surface area (Å²) in [4.78, 5) is 13.3. The minimum absolute atomic E-state index is 0.0565. The number of aryl methyl sites for hydroxylation is 1. The number of hydrogen-bond donors (Lipinski definition) is 0. The van der Waals surface area contributed by atoms with Gasteiger partial charge in [0.1, 0.15) is 11.9 Å². The zero-order valence-electron chi connectivity index (χ0n) is 12.6. The Morgan fingerprint density at radius 1 is 1.36 bits per heavy atom. The topological polar surface area (TPSA) is 26.3 Å². The normalized spacial score (nSPS) is 20.1. The Kier molecular flexibility index (Phi) is 4.12. The number of hydrogen-bond acceptors (Lipinski definition) is 3. The largest absolute Gasteiger partial charge is 0.459 e. The smallest absolute Gasteiger partial charge is 0.335 e. The number of carbonyl (C=O) groups excluding carboxylic acids is 1. The zero-order valence-corrected chi connectivity index (χ0v) is 13.4.